The Kier molecular flexibility index (Phi) is 7.96. The maximum absolute atomic E-state index is 12.1. The van der Waals surface area contributed by atoms with E-state index in [0.29, 0.717) is 17.0 Å². The minimum Gasteiger partial charge on any atom is -0.495 e. The number of para-hydroxylation sites is 2. The summed E-state index contributed by atoms with van der Waals surface area (Å²) in [5.41, 5.74) is 4.45. The number of nitrogens with one attached hydrogen (secondary N) is 2. The van der Waals surface area contributed by atoms with Crippen molar-refractivity contribution in [3.63, 3.8) is 0 Å². The molecule has 0 aliphatic carbocycles. The minimum atomic E-state index is -0.459. The van der Waals surface area contributed by atoms with Gasteiger partial charge >= 0.3 is 0 Å². The smallest absolute Gasteiger partial charge is 0.270 e. The van der Waals surface area contributed by atoms with Gasteiger partial charge in [0, 0.05) is 36.5 Å². The molecule has 0 saturated carbocycles. The average molecular weight is 399 g/mol. The number of carbonyl (C=O) groups is 1. The van der Waals surface area contributed by atoms with Crippen molar-refractivity contribution < 1.29 is 14.5 Å². The average Bonchev–Trinajstić information content (AvgIpc) is 2.74. The number of nitrogens with zero attached hydrogens (tertiary/aromatic N) is 3. The summed E-state index contributed by atoms with van der Waals surface area (Å²) in [5, 5.41) is 18.0. The van der Waals surface area contributed by atoms with Gasteiger partial charge in [-0.1, -0.05) is 12.1 Å². The van der Waals surface area contributed by atoms with Crippen LogP contribution in [0.4, 0.5) is 17.1 Å². The summed E-state index contributed by atoms with van der Waals surface area (Å²) in [4.78, 5) is 24.7. The van der Waals surface area contributed by atoms with Crippen LogP contribution in [0.25, 0.3) is 0 Å². The number of ether oxygens (including phenoxy) is 1. The lowest BCUT2D eigenvalue weighted by Gasteiger charge is -2.22. The first-order chi connectivity index (χ1) is 14.0. The second kappa shape index (κ2) is 10.6. The van der Waals surface area contributed by atoms with Crippen molar-refractivity contribution in [2.45, 2.75) is 13.8 Å². The molecular formula is C20H25N5O4. The molecule has 0 bridgehead atoms. The normalized spacial score (nSPS) is 10.6. The highest BCUT2D eigenvalue weighted by molar-refractivity contribution is 5.90. The van der Waals surface area contributed by atoms with Crippen LogP contribution in [0, 0.1) is 10.1 Å². The summed E-state index contributed by atoms with van der Waals surface area (Å²) >= 11 is 0. The Hall–Kier alpha value is -3.62. The Bertz CT molecular complexity index is 881. The molecule has 0 spiro atoms. The molecule has 0 atom stereocenters. The van der Waals surface area contributed by atoms with Gasteiger partial charge in [0.25, 0.3) is 11.6 Å². The van der Waals surface area contributed by atoms with Crippen LogP contribution in [0.5, 0.6) is 5.75 Å². The Morgan fingerprint density at radius 1 is 1.24 bits per heavy atom. The van der Waals surface area contributed by atoms with Crippen LogP contribution in [-0.4, -0.2) is 43.8 Å². The van der Waals surface area contributed by atoms with E-state index in [1.807, 2.05) is 26.0 Å². The Morgan fingerprint density at radius 3 is 2.62 bits per heavy atom. The molecule has 0 fully saturated rings. The van der Waals surface area contributed by atoms with Crippen LogP contribution in [0.2, 0.25) is 0 Å². The van der Waals surface area contributed by atoms with Gasteiger partial charge in [0.15, 0.2) is 0 Å². The molecule has 2 rings (SSSR count). The van der Waals surface area contributed by atoms with Gasteiger partial charge in [-0.15, -0.1) is 0 Å². The first kappa shape index (κ1) is 21.7. The fraction of sp³-hybridized carbons (Fsp3) is 0.300. The maximum atomic E-state index is 12.1. The standard InChI is InChI=1S/C20H25N5O4/c1-4-24(5-2)18-11-10-16(25(27)28)12-15(18)13-22-23-20(26)14-21-17-8-6-7-9-19(17)29-3/h6-13,21H,4-5,14H2,1-3H3,(H,23,26). The van der Waals surface area contributed by atoms with Gasteiger partial charge in [0.05, 0.1) is 30.5 Å². The van der Waals surface area contributed by atoms with Crippen molar-refractivity contribution >= 4 is 29.2 Å². The summed E-state index contributed by atoms with van der Waals surface area (Å²) < 4.78 is 5.22. The number of amides is 1. The molecule has 2 N–H and O–H groups in total. The summed E-state index contributed by atoms with van der Waals surface area (Å²) in [7, 11) is 1.55. The Morgan fingerprint density at radius 2 is 1.97 bits per heavy atom. The number of hydrogen-bond donors (Lipinski definition) is 2. The number of carbonyl (C=O) groups excluding carboxylic acids is 1. The first-order valence-electron chi connectivity index (χ1n) is 9.22. The molecular weight excluding hydrogens is 374 g/mol. The molecule has 0 unspecified atom stereocenters. The molecule has 0 heterocycles. The largest absolute Gasteiger partial charge is 0.495 e. The number of anilines is 2. The number of methoxy groups -OCH3 is 1. The van der Waals surface area contributed by atoms with Crippen molar-refractivity contribution in [1.29, 1.82) is 0 Å². The van der Waals surface area contributed by atoms with Crippen molar-refractivity contribution in [3.05, 3.63) is 58.1 Å². The third-order valence-electron chi connectivity index (χ3n) is 4.27. The van der Waals surface area contributed by atoms with Gasteiger partial charge < -0.3 is 15.0 Å². The highest BCUT2D eigenvalue weighted by Crippen LogP contribution is 2.24. The van der Waals surface area contributed by atoms with Crippen molar-refractivity contribution in [3.8, 4) is 5.75 Å². The monoisotopic (exact) mass is 399 g/mol. The molecule has 2 aromatic carbocycles. The molecule has 0 saturated heterocycles. The predicted molar refractivity (Wildman–Crippen MR) is 114 cm³/mol. The van der Waals surface area contributed by atoms with E-state index in [1.54, 1.807) is 25.3 Å². The highest BCUT2D eigenvalue weighted by atomic mass is 16.6. The number of hydrogen-bond acceptors (Lipinski definition) is 7. The van der Waals surface area contributed by atoms with Crippen LogP contribution in [0.15, 0.2) is 47.6 Å². The van der Waals surface area contributed by atoms with Gasteiger partial charge in [0.2, 0.25) is 0 Å². The summed E-state index contributed by atoms with van der Waals surface area (Å²) in [6.45, 7) is 5.47. The van der Waals surface area contributed by atoms with E-state index >= 15 is 0 Å². The quantitative estimate of drug-likeness (QED) is 0.361. The van der Waals surface area contributed by atoms with Crippen LogP contribution in [0.3, 0.4) is 0 Å². The van der Waals surface area contributed by atoms with E-state index in [-0.39, 0.29) is 18.1 Å². The fourth-order valence-electron chi connectivity index (χ4n) is 2.79. The third kappa shape index (κ3) is 5.93. The van der Waals surface area contributed by atoms with Crippen LogP contribution in [0.1, 0.15) is 19.4 Å². The second-order valence-electron chi connectivity index (χ2n) is 6.02. The minimum absolute atomic E-state index is 0.00441. The highest BCUT2D eigenvalue weighted by Gasteiger charge is 2.13. The zero-order valence-corrected chi connectivity index (χ0v) is 16.7. The van der Waals surface area contributed by atoms with E-state index < -0.39 is 4.92 Å². The lowest BCUT2D eigenvalue weighted by atomic mass is 10.1. The molecule has 0 aromatic heterocycles. The van der Waals surface area contributed by atoms with Crippen LogP contribution >= 0.6 is 0 Å². The van der Waals surface area contributed by atoms with E-state index in [0.717, 1.165) is 18.8 Å². The molecule has 0 aliphatic rings. The number of benzene rings is 2. The summed E-state index contributed by atoms with van der Waals surface area (Å²) in [5.74, 6) is 0.270. The Labute approximate surface area is 169 Å². The lowest BCUT2D eigenvalue weighted by Crippen LogP contribution is -2.26. The topological polar surface area (TPSA) is 109 Å². The lowest BCUT2D eigenvalue weighted by molar-refractivity contribution is -0.384. The van der Waals surface area contributed by atoms with E-state index in [9.17, 15) is 14.9 Å². The number of nitro groups is 1. The number of nitro benzene ring substituents is 1. The maximum Gasteiger partial charge on any atom is 0.270 e. The van der Waals surface area contributed by atoms with Gasteiger partial charge in [0.1, 0.15) is 5.75 Å². The van der Waals surface area contributed by atoms with Crippen LogP contribution < -0.4 is 20.4 Å². The first-order valence-corrected chi connectivity index (χ1v) is 9.22. The third-order valence-corrected chi connectivity index (χ3v) is 4.27. The zero-order chi connectivity index (χ0) is 21.2. The van der Waals surface area contributed by atoms with Gasteiger partial charge in [-0.05, 0) is 32.0 Å². The number of rotatable bonds is 10. The molecule has 1 amide bonds. The van der Waals surface area contributed by atoms with Crippen LogP contribution in [-0.2, 0) is 4.79 Å². The molecule has 154 valence electrons. The molecule has 0 radical (unpaired) electrons. The zero-order valence-electron chi connectivity index (χ0n) is 16.7. The van der Waals surface area contributed by atoms with E-state index in [2.05, 4.69) is 20.7 Å². The van der Waals surface area contributed by atoms with Gasteiger partial charge in [-0.2, -0.15) is 5.10 Å². The van der Waals surface area contributed by atoms with Gasteiger partial charge in [-0.25, -0.2) is 5.43 Å². The molecule has 29 heavy (non-hydrogen) atoms. The molecule has 0 aliphatic heterocycles. The van der Waals surface area contributed by atoms with Gasteiger partial charge in [-0.3, -0.25) is 14.9 Å². The SMILES string of the molecule is CCN(CC)c1ccc([N+](=O)[O-])cc1C=NNC(=O)CNc1ccccc1OC. The molecule has 2 aromatic rings. The number of hydrazone groups is 1. The number of non-ortho nitro benzene ring substituents is 1. The van der Waals surface area contributed by atoms with Crippen molar-refractivity contribution in [1.82, 2.24) is 5.43 Å². The molecule has 9 nitrogen and oxygen atoms in total. The Balaban J connectivity index is 2.07. The molecule has 9 heteroatoms. The summed E-state index contributed by atoms with van der Waals surface area (Å²) in [6, 6.07) is 11.8. The van der Waals surface area contributed by atoms with E-state index in [1.165, 1.54) is 18.3 Å². The predicted octanol–water partition coefficient (Wildman–Crippen LogP) is 3.01. The van der Waals surface area contributed by atoms with Crippen molar-refractivity contribution in [2.24, 2.45) is 5.10 Å². The fourth-order valence-corrected chi connectivity index (χ4v) is 2.79. The summed E-state index contributed by atoms with van der Waals surface area (Å²) in [6.07, 6.45) is 1.42. The second-order valence-corrected chi connectivity index (χ2v) is 6.02. The van der Waals surface area contributed by atoms with Crippen molar-refractivity contribution in [2.75, 3.05) is 37.0 Å². The van der Waals surface area contributed by atoms with E-state index in [4.69, 9.17) is 4.74 Å².